The molecule has 0 spiro atoms. The largest absolute Gasteiger partial charge is 0.466 e. The maximum absolute atomic E-state index is 9.68. The summed E-state index contributed by atoms with van der Waals surface area (Å²) in [5, 5.41) is 35.1. The van der Waals surface area contributed by atoms with Gasteiger partial charge in [0.25, 0.3) is 5.19 Å². The molecule has 0 saturated carbocycles. The monoisotopic (exact) mass is 274 g/mol. The van der Waals surface area contributed by atoms with E-state index in [0.29, 0.717) is 5.19 Å². The smallest absolute Gasteiger partial charge is 0.293 e. The molecule has 10 heteroatoms. The molecule has 98 valence electrons. The molecule has 1 aliphatic heterocycles. The number of nitriles is 1. The summed E-state index contributed by atoms with van der Waals surface area (Å²) in [5.74, 6) is 0. The fourth-order valence-electron chi connectivity index (χ4n) is 1.41. The van der Waals surface area contributed by atoms with Gasteiger partial charge in [-0.15, -0.1) is 10.2 Å². The number of aliphatic hydroxyl groups excluding tert-OH is 2. The number of ether oxygens (including phenoxy) is 2. The molecule has 0 unspecified atom stereocenters. The van der Waals surface area contributed by atoms with Gasteiger partial charge in [-0.2, -0.15) is 10.7 Å². The molecule has 1 aromatic rings. The topological polar surface area (TPSA) is 130 Å². The van der Waals surface area contributed by atoms with Gasteiger partial charge in [0.05, 0.1) is 0 Å². The van der Waals surface area contributed by atoms with Crippen LogP contribution in [0.5, 0.6) is 5.19 Å². The van der Waals surface area contributed by atoms with Crippen molar-refractivity contribution in [2.45, 2.75) is 24.6 Å². The minimum absolute atomic E-state index is 0.0141. The lowest BCUT2D eigenvalue weighted by Crippen LogP contribution is -2.36. The molecule has 18 heavy (non-hydrogen) atoms. The van der Waals surface area contributed by atoms with Gasteiger partial charge in [0, 0.05) is 0 Å². The van der Waals surface area contributed by atoms with E-state index >= 15 is 0 Å². The Morgan fingerprint density at radius 3 is 3.06 bits per heavy atom. The molecule has 2 heterocycles. The van der Waals surface area contributed by atoms with Crippen molar-refractivity contribution >= 4 is 11.3 Å². The summed E-state index contributed by atoms with van der Waals surface area (Å²) in [6.07, 6.45) is -2.86. The Balaban J connectivity index is 1.84. The number of hydrogen-bond donors (Lipinski definition) is 3. The number of nitrogens with zero attached hydrogens (tertiary/aromatic N) is 3. The summed E-state index contributed by atoms with van der Waals surface area (Å²) in [6, 6.07) is 0. The standard InChI is InChI=1S/C8H10N4O5S/c9-2-11-17-7-6(14)5(13)4(16-7)1-15-8-12-10-3-18-8/h3-7,11,13-14H,1H2/t4-,5-,6-,7-/m1/s1. The Labute approximate surface area is 105 Å². The van der Waals surface area contributed by atoms with E-state index in [2.05, 4.69) is 15.0 Å². The third kappa shape index (κ3) is 2.84. The van der Waals surface area contributed by atoms with Crippen LogP contribution >= 0.6 is 11.3 Å². The lowest BCUT2D eigenvalue weighted by Gasteiger charge is -2.13. The Hall–Kier alpha value is -1.51. The summed E-state index contributed by atoms with van der Waals surface area (Å²) in [5.41, 5.74) is 3.38. The Morgan fingerprint density at radius 2 is 2.39 bits per heavy atom. The molecule has 1 fully saturated rings. The zero-order valence-corrected chi connectivity index (χ0v) is 9.78. The first-order valence-electron chi connectivity index (χ1n) is 4.92. The maximum atomic E-state index is 9.68. The molecule has 1 saturated heterocycles. The van der Waals surface area contributed by atoms with Gasteiger partial charge in [0.15, 0.2) is 0 Å². The Bertz CT molecular complexity index is 410. The van der Waals surface area contributed by atoms with Crippen LogP contribution in [-0.2, 0) is 9.57 Å². The van der Waals surface area contributed by atoms with Crippen molar-refractivity contribution in [3.05, 3.63) is 5.51 Å². The molecular weight excluding hydrogens is 264 g/mol. The number of hydroxylamine groups is 1. The van der Waals surface area contributed by atoms with Crippen molar-refractivity contribution in [3.63, 3.8) is 0 Å². The van der Waals surface area contributed by atoms with Crippen LogP contribution < -0.4 is 10.2 Å². The van der Waals surface area contributed by atoms with E-state index in [-0.39, 0.29) is 6.61 Å². The highest BCUT2D eigenvalue weighted by molar-refractivity contribution is 7.11. The first kappa shape index (κ1) is 12.9. The van der Waals surface area contributed by atoms with Crippen LogP contribution in [-0.4, -0.2) is 51.6 Å². The predicted octanol–water partition coefficient (Wildman–Crippen LogP) is -1.63. The minimum atomic E-state index is -1.27. The van der Waals surface area contributed by atoms with Crippen molar-refractivity contribution < 1.29 is 24.5 Å². The fourth-order valence-corrected chi connectivity index (χ4v) is 1.83. The van der Waals surface area contributed by atoms with Gasteiger partial charge < -0.3 is 19.7 Å². The quantitative estimate of drug-likeness (QED) is 0.329. The van der Waals surface area contributed by atoms with Crippen molar-refractivity contribution in [1.29, 1.82) is 5.26 Å². The maximum Gasteiger partial charge on any atom is 0.293 e. The molecule has 2 rings (SSSR count). The molecule has 1 aromatic heterocycles. The summed E-state index contributed by atoms with van der Waals surface area (Å²) >= 11 is 1.19. The van der Waals surface area contributed by atoms with E-state index in [1.807, 2.05) is 5.48 Å². The number of aromatic nitrogens is 2. The van der Waals surface area contributed by atoms with Crippen LogP contribution in [0.15, 0.2) is 5.51 Å². The SMILES string of the molecule is N#CNO[C@H]1O[C@H](COc2nncs2)[C@@H](O)[C@H]1O. The van der Waals surface area contributed by atoms with E-state index in [9.17, 15) is 10.2 Å². The summed E-state index contributed by atoms with van der Waals surface area (Å²) in [6.45, 7) is -0.0141. The molecule has 0 aliphatic carbocycles. The third-order valence-electron chi connectivity index (χ3n) is 2.25. The van der Waals surface area contributed by atoms with Gasteiger partial charge in [-0.3, -0.25) is 0 Å². The van der Waals surface area contributed by atoms with Gasteiger partial charge in [-0.1, -0.05) is 11.3 Å². The fraction of sp³-hybridized carbons (Fsp3) is 0.625. The number of rotatable bonds is 5. The highest BCUT2D eigenvalue weighted by Gasteiger charge is 2.44. The van der Waals surface area contributed by atoms with Gasteiger partial charge >= 0.3 is 0 Å². The minimum Gasteiger partial charge on any atom is -0.466 e. The van der Waals surface area contributed by atoms with Crippen LogP contribution in [0.25, 0.3) is 0 Å². The molecule has 0 radical (unpaired) electrons. The van der Waals surface area contributed by atoms with Crippen molar-refractivity contribution in [1.82, 2.24) is 15.7 Å². The molecular formula is C8H10N4O5S. The second kappa shape index (κ2) is 5.89. The van der Waals surface area contributed by atoms with Crippen molar-refractivity contribution in [2.75, 3.05) is 6.61 Å². The van der Waals surface area contributed by atoms with Crippen LogP contribution in [0.2, 0.25) is 0 Å². The van der Waals surface area contributed by atoms with E-state index < -0.39 is 24.6 Å². The van der Waals surface area contributed by atoms with Gasteiger partial charge in [0.1, 0.15) is 30.4 Å². The number of hydrogen-bond acceptors (Lipinski definition) is 10. The molecule has 1 aliphatic rings. The van der Waals surface area contributed by atoms with Crippen LogP contribution in [0.3, 0.4) is 0 Å². The first-order valence-corrected chi connectivity index (χ1v) is 5.80. The second-order valence-corrected chi connectivity index (χ2v) is 4.17. The van der Waals surface area contributed by atoms with E-state index in [4.69, 9.17) is 14.7 Å². The molecule has 4 atom stereocenters. The Kier molecular flexibility index (Phi) is 4.24. The second-order valence-electron chi connectivity index (χ2n) is 3.37. The van der Waals surface area contributed by atoms with E-state index in [1.165, 1.54) is 23.0 Å². The van der Waals surface area contributed by atoms with Crippen LogP contribution in [0.4, 0.5) is 0 Å². The number of aliphatic hydroxyl groups is 2. The average molecular weight is 274 g/mol. The molecule has 0 amide bonds. The van der Waals surface area contributed by atoms with Crippen LogP contribution in [0, 0.1) is 11.5 Å². The summed E-state index contributed by atoms with van der Waals surface area (Å²) in [4.78, 5) is 4.68. The highest BCUT2D eigenvalue weighted by atomic mass is 32.1. The summed E-state index contributed by atoms with van der Waals surface area (Å²) in [7, 11) is 0. The van der Waals surface area contributed by atoms with E-state index in [1.54, 1.807) is 0 Å². The van der Waals surface area contributed by atoms with Crippen molar-refractivity contribution in [2.24, 2.45) is 0 Å². The van der Waals surface area contributed by atoms with Gasteiger partial charge in [0.2, 0.25) is 12.5 Å². The van der Waals surface area contributed by atoms with Gasteiger partial charge in [-0.05, 0) is 0 Å². The zero-order chi connectivity index (χ0) is 13.0. The molecule has 3 N–H and O–H groups in total. The molecule has 0 aromatic carbocycles. The predicted molar refractivity (Wildman–Crippen MR) is 55.9 cm³/mol. The first-order chi connectivity index (χ1) is 8.72. The van der Waals surface area contributed by atoms with Gasteiger partial charge in [-0.25, -0.2) is 4.84 Å². The van der Waals surface area contributed by atoms with Crippen LogP contribution in [0.1, 0.15) is 0 Å². The molecule has 0 bridgehead atoms. The average Bonchev–Trinajstić information content (AvgIpc) is 2.97. The zero-order valence-electron chi connectivity index (χ0n) is 8.96. The third-order valence-corrected chi connectivity index (χ3v) is 2.85. The normalized spacial score (nSPS) is 30.9. The number of nitrogens with one attached hydrogen (secondary N) is 1. The highest BCUT2D eigenvalue weighted by Crippen LogP contribution is 2.23. The van der Waals surface area contributed by atoms with E-state index in [0.717, 1.165) is 0 Å². The molecule has 9 nitrogen and oxygen atoms in total. The van der Waals surface area contributed by atoms with Crippen molar-refractivity contribution in [3.8, 4) is 11.4 Å². The Morgan fingerprint density at radius 1 is 1.56 bits per heavy atom. The summed E-state index contributed by atoms with van der Waals surface area (Å²) < 4.78 is 10.4. The lowest BCUT2D eigenvalue weighted by atomic mass is 10.1. The lowest BCUT2D eigenvalue weighted by molar-refractivity contribution is -0.190.